The van der Waals surface area contributed by atoms with Gasteiger partial charge < -0.3 is 10.1 Å². The van der Waals surface area contributed by atoms with Crippen LogP contribution in [0.15, 0.2) is 24.3 Å². The van der Waals surface area contributed by atoms with Crippen LogP contribution in [0.4, 0.5) is 4.79 Å². The predicted molar refractivity (Wildman–Crippen MR) is 88.8 cm³/mol. The molecule has 0 fully saturated rings. The van der Waals surface area contributed by atoms with Crippen LogP contribution < -0.4 is 5.32 Å². The van der Waals surface area contributed by atoms with Gasteiger partial charge in [0, 0.05) is 25.7 Å². The molecule has 1 aliphatic rings. The molecular formula is C18H28N2O2. The van der Waals surface area contributed by atoms with Gasteiger partial charge in [-0.3, -0.25) is 4.90 Å². The van der Waals surface area contributed by atoms with Crippen LogP contribution in [0.1, 0.15) is 38.3 Å². The lowest BCUT2D eigenvalue weighted by Gasteiger charge is -2.36. The monoisotopic (exact) mass is 304 g/mol. The van der Waals surface area contributed by atoms with Crippen molar-refractivity contribution in [1.82, 2.24) is 10.2 Å². The van der Waals surface area contributed by atoms with E-state index in [4.69, 9.17) is 4.74 Å². The van der Waals surface area contributed by atoms with E-state index in [9.17, 15) is 4.79 Å². The van der Waals surface area contributed by atoms with Gasteiger partial charge in [-0.25, -0.2) is 4.79 Å². The fourth-order valence-electron chi connectivity index (χ4n) is 3.12. The second-order valence-electron chi connectivity index (χ2n) is 6.37. The Hall–Kier alpha value is -1.55. The Bertz CT molecular complexity index is 488. The first-order valence-corrected chi connectivity index (χ1v) is 8.31. The molecule has 1 amide bonds. The number of hydrogen-bond acceptors (Lipinski definition) is 3. The number of carbonyl (C=O) groups excluding carboxylic acids is 1. The highest BCUT2D eigenvalue weighted by Gasteiger charge is 2.24. The molecule has 2 rings (SSSR count). The van der Waals surface area contributed by atoms with Crippen molar-refractivity contribution in [3.05, 3.63) is 35.4 Å². The van der Waals surface area contributed by atoms with E-state index >= 15 is 0 Å². The Morgan fingerprint density at radius 3 is 2.73 bits per heavy atom. The molecule has 0 aliphatic carbocycles. The first kappa shape index (κ1) is 16.8. The lowest BCUT2D eigenvalue weighted by molar-refractivity contribution is 0.131. The van der Waals surface area contributed by atoms with Gasteiger partial charge in [0.2, 0.25) is 0 Å². The van der Waals surface area contributed by atoms with E-state index < -0.39 is 0 Å². The highest BCUT2D eigenvalue weighted by molar-refractivity contribution is 5.67. The summed E-state index contributed by atoms with van der Waals surface area (Å²) in [6, 6.07) is 9.02. The van der Waals surface area contributed by atoms with E-state index in [1.54, 1.807) is 0 Å². The third-order valence-corrected chi connectivity index (χ3v) is 4.18. The number of fused-ring (bicyclic) bond motifs is 1. The van der Waals surface area contributed by atoms with Crippen molar-refractivity contribution in [3.8, 4) is 0 Å². The number of nitrogens with one attached hydrogen (secondary N) is 1. The maximum Gasteiger partial charge on any atom is 0.407 e. The van der Waals surface area contributed by atoms with E-state index in [0.717, 1.165) is 25.9 Å². The number of carbonyl (C=O) groups is 1. The van der Waals surface area contributed by atoms with Crippen molar-refractivity contribution < 1.29 is 9.53 Å². The normalized spacial score (nSPS) is 16.2. The molecule has 1 aromatic carbocycles. The Labute approximate surface area is 133 Å². The van der Waals surface area contributed by atoms with Crippen LogP contribution in [0.3, 0.4) is 0 Å². The Morgan fingerprint density at radius 2 is 2.05 bits per heavy atom. The SMILES string of the molecule is CCOC(=O)NCC(CC(C)C)N1CCc2ccccc2C1. The second kappa shape index (κ2) is 8.18. The average Bonchev–Trinajstić information content (AvgIpc) is 2.51. The van der Waals surface area contributed by atoms with Crippen molar-refractivity contribution in [2.75, 3.05) is 19.7 Å². The molecule has 0 aromatic heterocycles. The molecule has 4 nitrogen and oxygen atoms in total. The molecule has 1 aromatic rings. The minimum Gasteiger partial charge on any atom is -0.450 e. The Morgan fingerprint density at radius 1 is 1.32 bits per heavy atom. The highest BCUT2D eigenvalue weighted by atomic mass is 16.5. The molecule has 0 bridgehead atoms. The Balaban J connectivity index is 1.98. The zero-order valence-corrected chi connectivity index (χ0v) is 14.0. The van der Waals surface area contributed by atoms with E-state index in [-0.39, 0.29) is 6.09 Å². The van der Waals surface area contributed by atoms with Gasteiger partial charge in [0.1, 0.15) is 0 Å². The zero-order chi connectivity index (χ0) is 15.9. The first-order valence-electron chi connectivity index (χ1n) is 8.31. The summed E-state index contributed by atoms with van der Waals surface area (Å²) in [5.41, 5.74) is 2.87. The number of ether oxygens (including phenoxy) is 1. The van der Waals surface area contributed by atoms with Crippen molar-refractivity contribution in [2.24, 2.45) is 5.92 Å². The van der Waals surface area contributed by atoms with Gasteiger partial charge in [-0.15, -0.1) is 0 Å². The smallest absolute Gasteiger partial charge is 0.407 e. The fraction of sp³-hybridized carbons (Fsp3) is 0.611. The van der Waals surface area contributed by atoms with E-state index in [1.807, 2.05) is 6.92 Å². The lowest BCUT2D eigenvalue weighted by Crippen LogP contribution is -2.46. The molecule has 1 heterocycles. The number of nitrogens with zero attached hydrogens (tertiary/aromatic N) is 1. The largest absolute Gasteiger partial charge is 0.450 e. The standard InChI is InChI=1S/C18H28N2O2/c1-4-22-18(21)19-12-17(11-14(2)3)20-10-9-15-7-5-6-8-16(15)13-20/h5-8,14,17H,4,9-13H2,1-3H3,(H,19,21). The quantitative estimate of drug-likeness (QED) is 0.877. The minimum absolute atomic E-state index is 0.311. The second-order valence-corrected chi connectivity index (χ2v) is 6.37. The van der Waals surface area contributed by atoms with Gasteiger partial charge >= 0.3 is 6.09 Å². The van der Waals surface area contributed by atoms with Gasteiger partial charge in [-0.1, -0.05) is 38.1 Å². The predicted octanol–water partition coefficient (Wildman–Crippen LogP) is 3.21. The molecule has 0 saturated heterocycles. The molecule has 0 spiro atoms. The molecule has 1 N–H and O–H groups in total. The third-order valence-electron chi connectivity index (χ3n) is 4.18. The van der Waals surface area contributed by atoms with Gasteiger partial charge in [-0.2, -0.15) is 0 Å². The summed E-state index contributed by atoms with van der Waals surface area (Å²) in [5, 5.41) is 2.91. The maximum absolute atomic E-state index is 11.6. The lowest BCUT2D eigenvalue weighted by atomic mass is 9.95. The van der Waals surface area contributed by atoms with Crippen LogP contribution in [0.2, 0.25) is 0 Å². The average molecular weight is 304 g/mol. The van der Waals surface area contributed by atoms with E-state index in [0.29, 0.717) is 25.1 Å². The molecule has 22 heavy (non-hydrogen) atoms. The van der Waals surface area contributed by atoms with Gasteiger partial charge in [0.05, 0.1) is 6.61 Å². The van der Waals surface area contributed by atoms with E-state index in [2.05, 4.69) is 48.3 Å². The number of alkyl carbamates (subject to hydrolysis) is 1. The molecule has 0 radical (unpaired) electrons. The van der Waals surface area contributed by atoms with Crippen LogP contribution in [-0.4, -0.2) is 36.7 Å². The summed E-state index contributed by atoms with van der Waals surface area (Å²) >= 11 is 0. The number of amides is 1. The van der Waals surface area contributed by atoms with Crippen LogP contribution in [-0.2, 0) is 17.7 Å². The van der Waals surface area contributed by atoms with Gasteiger partial charge in [-0.05, 0) is 36.8 Å². The minimum atomic E-state index is -0.311. The molecule has 122 valence electrons. The van der Waals surface area contributed by atoms with Crippen LogP contribution >= 0.6 is 0 Å². The highest BCUT2D eigenvalue weighted by Crippen LogP contribution is 2.22. The Kier molecular flexibility index (Phi) is 6.25. The number of hydrogen-bond donors (Lipinski definition) is 1. The fourth-order valence-corrected chi connectivity index (χ4v) is 3.12. The van der Waals surface area contributed by atoms with E-state index in [1.165, 1.54) is 11.1 Å². The van der Waals surface area contributed by atoms with Gasteiger partial charge in [0.15, 0.2) is 0 Å². The summed E-state index contributed by atoms with van der Waals surface area (Å²) in [6.07, 6.45) is 1.85. The molecule has 1 unspecified atom stereocenters. The number of rotatable bonds is 6. The van der Waals surface area contributed by atoms with Crippen molar-refractivity contribution in [3.63, 3.8) is 0 Å². The summed E-state index contributed by atoms with van der Waals surface area (Å²) in [4.78, 5) is 14.1. The van der Waals surface area contributed by atoms with Crippen molar-refractivity contribution in [1.29, 1.82) is 0 Å². The topological polar surface area (TPSA) is 41.6 Å². The number of benzene rings is 1. The first-order chi connectivity index (χ1) is 10.6. The maximum atomic E-state index is 11.6. The molecule has 1 aliphatic heterocycles. The summed E-state index contributed by atoms with van der Waals surface area (Å²) in [7, 11) is 0. The van der Waals surface area contributed by atoms with Crippen LogP contribution in [0.25, 0.3) is 0 Å². The summed E-state index contributed by atoms with van der Waals surface area (Å²) in [5.74, 6) is 0.603. The molecular weight excluding hydrogens is 276 g/mol. The molecule has 1 atom stereocenters. The zero-order valence-electron chi connectivity index (χ0n) is 14.0. The van der Waals surface area contributed by atoms with Crippen molar-refractivity contribution in [2.45, 2.75) is 46.2 Å². The van der Waals surface area contributed by atoms with Crippen molar-refractivity contribution >= 4 is 6.09 Å². The van der Waals surface area contributed by atoms with Crippen LogP contribution in [0, 0.1) is 5.92 Å². The third kappa shape index (κ3) is 4.73. The molecule has 4 heteroatoms. The van der Waals surface area contributed by atoms with Crippen LogP contribution in [0.5, 0.6) is 0 Å². The van der Waals surface area contributed by atoms with Gasteiger partial charge in [0.25, 0.3) is 0 Å². The summed E-state index contributed by atoms with van der Waals surface area (Å²) < 4.78 is 4.97. The summed E-state index contributed by atoms with van der Waals surface area (Å²) in [6.45, 7) is 9.38. The molecule has 0 saturated carbocycles.